The Morgan fingerprint density at radius 3 is 2.50 bits per heavy atom. The molecule has 6 nitrogen and oxygen atoms in total. The Bertz CT molecular complexity index is 940. The molecule has 3 saturated carbocycles. The molecule has 3 fully saturated rings. The van der Waals surface area contributed by atoms with Gasteiger partial charge in [0, 0.05) is 12.8 Å². The highest BCUT2D eigenvalue weighted by Crippen LogP contribution is 2.67. The van der Waals surface area contributed by atoms with Crippen LogP contribution in [-0.4, -0.2) is 59.4 Å². The summed E-state index contributed by atoms with van der Waals surface area (Å²) in [5.74, 6) is 5.21. The van der Waals surface area contributed by atoms with Gasteiger partial charge in [0.2, 0.25) is 0 Å². The summed E-state index contributed by atoms with van der Waals surface area (Å²) in [6, 6.07) is 0. The van der Waals surface area contributed by atoms with Crippen LogP contribution in [0.4, 0.5) is 0 Å². The number of ether oxygens (including phenoxy) is 1. The minimum absolute atomic E-state index is 0.225. The van der Waals surface area contributed by atoms with Crippen molar-refractivity contribution < 1.29 is 22.2 Å². The highest BCUT2D eigenvalue weighted by atomic mass is 32.2. The predicted octanol–water partition coefficient (Wildman–Crippen LogP) is 7.37. The summed E-state index contributed by atoms with van der Waals surface area (Å²) >= 11 is -2.43. The number of fused-ring (bicyclic) bond motifs is 5. The number of allylic oxidation sites excluding steroid dienone is 1. The maximum absolute atomic E-state index is 10.6. The second-order valence-electron chi connectivity index (χ2n) is 16.4. The van der Waals surface area contributed by atoms with Crippen molar-refractivity contribution in [3.05, 3.63) is 11.6 Å². The van der Waals surface area contributed by atoms with Gasteiger partial charge < -0.3 is 23.7 Å². The second-order valence-corrected chi connectivity index (χ2v) is 17.0. The molecule has 42 heavy (non-hydrogen) atoms. The Morgan fingerprint density at radius 1 is 1.02 bits per heavy atom. The van der Waals surface area contributed by atoms with E-state index in [1.807, 2.05) is 0 Å². The molecule has 0 aliphatic heterocycles. The van der Waals surface area contributed by atoms with E-state index in [4.69, 9.17) is 10.5 Å². The van der Waals surface area contributed by atoms with Gasteiger partial charge in [0.15, 0.2) is 0 Å². The molecule has 4 aliphatic carbocycles. The molecule has 0 amide bonds. The fourth-order valence-electron chi connectivity index (χ4n) is 10.3. The summed E-state index contributed by atoms with van der Waals surface area (Å²) in [7, 11) is 4.32. The number of nitrogens with two attached hydrogens (primary N) is 1. The molecular weight excluding hydrogens is 544 g/mol. The summed E-state index contributed by atoms with van der Waals surface area (Å²) in [5, 5.41) is 0. The van der Waals surface area contributed by atoms with Crippen LogP contribution in [0.25, 0.3) is 0 Å². The summed E-state index contributed by atoms with van der Waals surface area (Å²) < 4.78 is 33.1. The van der Waals surface area contributed by atoms with Crippen molar-refractivity contribution in [2.75, 3.05) is 33.8 Å². The maximum Gasteiger partial charge on any atom is 0.111 e. The molecule has 2 N–H and O–H groups in total. The fourth-order valence-corrected chi connectivity index (χ4v) is 10.5. The smallest absolute Gasteiger partial charge is 0.111 e. The minimum atomic E-state index is -2.43. The largest absolute Gasteiger partial charge is 0.750 e. The normalized spacial score (nSPS) is 37.0. The monoisotopic (exact) mass is 608 g/mol. The zero-order valence-corrected chi connectivity index (χ0v) is 28.9. The molecule has 0 saturated heterocycles. The van der Waals surface area contributed by atoms with E-state index in [1.165, 1.54) is 57.8 Å². The molecule has 0 spiro atoms. The second kappa shape index (κ2) is 14.4. The van der Waals surface area contributed by atoms with E-state index in [2.05, 4.69) is 59.0 Å². The van der Waals surface area contributed by atoms with Gasteiger partial charge in [-0.25, -0.2) is 4.21 Å². The van der Waals surface area contributed by atoms with Crippen LogP contribution in [0.5, 0.6) is 0 Å². The number of quaternary nitrogens is 1. The van der Waals surface area contributed by atoms with Crippen LogP contribution in [0.15, 0.2) is 11.6 Å². The predicted molar refractivity (Wildman–Crippen MR) is 172 cm³/mol. The lowest BCUT2D eigenvalue weighted by Gasteiger charge is -2.58. The first-order chi connectivity index (χ1) is 19.7. The van der Waals surface area contributed by atoms with Crippen LogP contribution >= 0.6 is 0 Å². The molecule has 7 heteroatoms. The summed E-state index contributed by atoms with van der Waals surface area (Å²) in [6.07, 6.45) is 18.8. The van der Waals surface area contributed by atoms with E-state index >= 15 is 0 Å². The zero-order valence-electron chi connectivity index (χ0n) is 28.1. The Balaban J connectivity index is 1.29. The molecule has 4 rings (SSSR count). The van der Waals surface area contributed by atoms with Gasteiger partial charge in [-0.1, -0.05) is 65.5 Å². The molecule has 0 aromatic rings. The van der Waals surface area contributed by atoms with Crippen molar-refractivity contribution in [2.45, 2.75) is 130 Å². The van der Waals surface area contributed by atoms with Crippen molar-refractivity contribution >= 4 is 11.4 Å². The van der Waals surface area contributed by atoms with E-state index in [1.54, 1.807) is 5.57 Å². The number of nitrogens with zero attached hydrogens (tertiary/aromatic N) is 1. The molecule has 0 heterocycles. The van der Waals surface area contributed by atoms with Gasteiger partial charge in [-0.3, -0.25) is 0 Å². The van der Waals surface area contributed by atoms with Gasteiger partial charge >= 0.3 is 0 Å². The molecule has 0 aromatic carbocycles. The van der Waals surface area contributed by atoms with Crippen molar-refractivity contribution in [2.24, 2.45) is 52.1 Å². The van der Waals surface area contributed by atoms with Gasteiger partial charge in [-0.2, -0.15) is 0 Å². The third-order valence-electron chi connectivity index (χ3n) is 12.7. The lowest BCUT2D eigenvalue weighted by molar-refractivity contribution is -0.891. The Morgan fingerprint density at radius 2 is 1.79 bits per heavy atom. The zero-order chi connectivity index (χ0) is 30.7. The molecule has 0 aromatic heterocycles. The third kappa shape index (κ3) is 8.09. The van der Waals surface area contributed by atoms with E-state index in [9.17, 15) is 8.76 Å². The van der Waals surface area contributed by atoms with Crippen molar-refractivity contribution in [1.29, 1.82) is 0 Å². The van der Waals surface area contributed by atoms with Gasteiger partial charge in [0.05, 0.1) is 51.3 Å². The quantitative estimate of drug-likeness (QED) is 0.0690. The lowest BCUT2D eigenvalue weighted by Crippen LogP contribution is -2.51. The molecule has 2 unspecified atom stereocenters. The summed E-state index contributed by atoms with van der Waals surface area (Å²) in [5.41, 5.74) is 9.06. The van der Waals surface area contributed by atoms with Gasteiger partial charge in [-0.15, -0.1) is 0 Å². The molecule has 244 valence electrons. The third-order valence-corrected chi connectivity index (χ3v) is 13.1. The van der Waals surface area contributed by atoms with Crippen LogP contribution in [0.3, 0.4) is 0 Å². The van der Waals surface area contributed by atoms with Crippen LogP contribution < -0.4 is 5.73 Å². The topological polar surface area (TPSA) is 84.6 Å². The number of hydrogen-bond donors (Lipinski definition) is 1. The van der Waals surface area contributed by atoms with Crippen LogP contribution in [0.1, 0.15) is 118 Å². The van der Waals surface area contributed by atoms with E-state index in [0.717, 1.165) is 72.3 Å². The van der Waals surface area contributed by atoms with Gasteiger partial charge in [-0.05, 0) is 97.7 Å². The van der Waals surface area contributed by atoms with Crippen LogP contribution in [0, 0.1) is 46.3 Å². The average Bonchev–Trinajstić information content (AvgIpc) is 3.27. The Kier molecular flexibility index (Phi) is 11.9. The summed E-state index contributed by atoms with van der Waals surface area (Å²) in [6.45, 7) is 14.6. The highest BCUT2D eigenvalue weighted by Gasteiger charge is 2.59. The maximum atomic E-state index is 10.6. The SMILES string of the molecule is CC(C)CCC[C@@H](C)[C@H]1CC[C@H]2[C@@H]3CC=C4C[C@@H](OC(N)CC[N+](C)(C)CCCOS(=O)[O-])CC[C@]4(C)[C@H]3CC[C@]12C. The number of hydrogen-bond acceptors (Lipinski definition) is 5. The van der Waals surface area contributed by atoms with E-state index in [-0.39, 0.29) is 18.9 Å². The molecule has 0 radical (unpaired) electrons. The fraction of sp³-hybridized carbons (Fsp3) is 0.943. The first-order valence-electron chi connectivity index (χ1n) is 17.4. The Hall–Kier alpha value is -0.310. The molecular formula is C35H64N2O4S. The highest BCUT2D eigenvalue weighted by molar-refractivity contribution is 7.74. The minimum Gasteiger partial charge on any atom is -0.750 e. The summed E-state index contributed by atoms with van der Waals surface area (Å²) in [4.78, 5) is 0. The molecule has 10 atom stereocenters. The van der Waals surface area contributed by atoms with E-state index in [0.29, 0.717) is 17.3 Å². The van der Waals surface area contributed by atoms with Gasteiger partial charge in [0.1, 0.15) is 6.23 Å². The number of rotatable bonds is 15. The first kappa shape index (κ1) is 34.6. The standard InChI is InChI=1S/C35H64N2O4S/c1-25(2)10-8-11-26(3)30-14-15-31-29-13-12-27-24-28(16-19-34(27,4)32(29)17-20-35(30,31)5)41-33(36)18-22-37(6,7)21-9-23-40-42(38)39/h12,25-26,28-33H,8-11,13-24,36H2,1-7H3/t26-,28+,29+,30-,31+,32+,33?,34+,35-/m1/s1. The van der Waals surface area contributed by atoms with E-state index < -0.39 is 11.4 Å². The lowest BCUT2D eigenvalue weighted by atomic mass is 9.47. The molecule has 4 aliphatic rings. The van der Waals surface area contributed by atoms with Crippen molar-refractivity contribution in [3.63, 3.8) is 0 Å². The van der Waals surface area contributed by atoms with Gasteiger partial charge in [0.25, 0.3) is 0 Å². The van der Waals surface area contributed by atoms with Crippen LogP contribution in [-0.2, 0) is 20.3 Å². The van der Waals surface area contributed by atoms with Crippen LogP contribution in [0.2, 0.25) is 0 Å². The van der Waals surface area contributed by atoms with Crippen molar-refractivity contribution in [3.8, 4) is 0 Å². The first-order valence-corrected chi connectivity index (χ1v) is 18.4. The van der Waals surface area contributed by atoms with Crippen molar-refractivity contribution in [1.82, 2.24) is 0 Å². The average molecular weight is 609 g/mol. The Labute approximate surface area is 261 Å². The molecule has 0 bridgehead atoms.